The predicted octanol–water partition coefficient (Wildman–Crippen LogP) is 3.35. The molecular formula is C10H10Cl2N4S. The molecule has 4 nitrogen and oxygen atoms in total. The fourth-order valence-electron chi connectivity index (χ4n) is 1.26. The van der Waals surface area contributed by atoms with Gasteiger partial charge in [0.2, 0.25) is 0 Å². The zero-order valence-corrected chi connectivity index (χ0v) is 11.3. The molecule has 0 aromatic carbocycles. The van der Waals surface area contributed by atoms with Crippen LogP contribution in [0.2, 0.25) is 10.0 Å². The first-order chi connectivity index (χ1) is 8.08. The summed E-state index contributed by atoms with van der Waals surface area (Å²) >= 11 is 13.4. The number of anilines is 2. The minimum Gasteiger partial charge on any atom is -0.382 e. The van der Waals surface area contributed by atoms with Crippen molar-refractivity contribution in [3.05, 3.63) is 32.2 Å². The van der Waals surface area contributed by atoms with Crippen LogP contribution >= 0.6 is 34.5 Å². The molecule has 0 spiro atoms. The molecule has 0 amide bonds. The molecule has 90 valence electrons. The molecule has 0 fully saturated rings. The summed E-state index contributed by atoms with van der Waals surface area (Å²) in [7, 11) is 0. The first-order valence-corrected chi connectivity index (χ1v) is 6.46. The maximum absolute atomic E-state index is 6.00. The van der Waals surface area contributed by atoms with Crippen molar-refractivity contribution in [2.24, 2.45) is 0 Å². The molecule has 0 unspecified atom stereocenters. The summed E-state index contributed by atoms with van der Waals surface area (Å²) in [4.78, 5) is 9.39. The Balaban J connectivity index is 2.14. The standard InChI is InChI=1S/C10H10Cl2N4S/c1-5-8(17-4-15-5)3-14-10-7(12)2-6(11)9(13)16-10/h2,4H,3H2,1H3,(H3,13,14,16). The van der Waals surface area contributed by atoms with Gasteiger partial charge >= 0.3 is 0 Å². The van der Waals surface area contributed by atoms with E-state index in [2.05, 4.69) is 15.3 Å². The molecule has 2 aromatic rings. The van der Waals surface area contributed by atoms with Gasteiger partial charge in [-0.2, -0.15) is 0 Å². The van der Waals surface area contributed by atoms with Crippen LogP contribution in [0, 0.1) is 6.92 Å². The van der Waals surface area contributed by atoms with E-state index in [9.17, 15) is 0 Å². The van der Waals surface area contributed by atoms with Crippen LogP contribution in [0.3, 0.4) is 0 Å². The summed E-state index contributed by atoms with van der Waals surface area (Å²) in [6.45, 7) is 2.57. The van der Waals surface area contributed by atoms with Gasteiger partial charge < -0.3 is 11.1 Å². The van der Waals surface area contributed by atoms with E-state index in [1.807, 2.05) is 6.92 Å². The van der Waals surface area contributed by atoms with Crippen LogP contribution in [0.4, 0.5) is 11.6 Å². The Morgan fingerprint density at radius 3 is 2.82 bits per heavy atom. The quantitative estimate of drug-likeness (QED) is 0.909. The first-order valence-electron chi connectivity index (χ1n) is 4.82. The van der Waals surface area contributed by atoms with Gasteiger partial charge in [-0.15, -0.1) is 11.3 Å². The Morgan fingerprint density at radius 1 is 1.41 bits per heavy atom. The maximum Gasteiger partial charge on any atom is 0.147 e. The molecule has 0 aliphatic carbocycles. The predicted molar refractivity (Wildman–Crippen MR) is 72.8 cm³/mol. The highest BCUT2D eigenvalue weighted by Gasteiger charge is 2.08. The van der Waals surface area contributed by atoms with Crippen molar-refractivity contribution in [3.8, 4) is 0 Å². The number of hydrogen-bond acceptors (Lipinski definition) is 5. The van der Waals surface area contributed by atoms with Gasteiger partial charge in [0.1, 0.15) is 11.6 Å². The second kappa shape index (κ2) is 5.08. The SMILES string of the molecule is Cc1ncsc1CNc1nc(N)c(Cl)cc1Cl. The molecule has 17 heavy (non-hydrogen) atoms. The van der Waals surface area contributed by atoms with Crippen molar-refractivity contribution in [2.75, 3.05) is 11.1 Å². The zero-order valence-electron chi connectivity index (χ0n) is 9.00. The van der Waals surface area contributed by atoms with E-state index in [1.54, 1.807) is 22.9 Å². The van der Waals surface area contributed by atoms with Gasteiger partial charge in [0.15, 0.2) is 0 Å². The molecule has 7 heteroatoms. The molecule has 2 heterocycles. The number of nitrogens with zero attached hydrogens (tertiary/aromatic N) is 2. The third kappa shape index (κ3) is 2.80. The van der Waals surface area contributed by atoms with Gasteiger partial charge in [0.05, 0.1) is 27.8 Å². The molecule has 2 aromatic heterocycles. The minimum absolute atomic E-state index is 0.264. The van der Waals surface area contributed by atoms with Crippen LogP contribution in [-0.2, 0) is 6.54 Å². The Bertz CT molecular complexity index is 541. The summed E-state index contributed by atoms with van der Waals surface area (Å²) in [6, 6.07) is 1.58. The smallest absolute Gasteiger partial charge is 0.147 e. The van der Waals surface area contributed by atoms with E-state index < -0.39 is 0 Å². The summed E-state index contributed by atoms with van der Waals surface area (Å²) in [5, 5.41) is 3.92. The average molecular weight is 289 g/mol. The molecule has 0 bridgehead atoms. The molecule has 2 rings (SSSR count). The average Bonchev–Trinajstić information content (AvgIpc) is 2.68. The normalized spacial score (nSPS) is 10.5. The second-order valence-electron chi connectivity index (χ2n) is 3.40. The van der Waals surface area contributed by atoms with Crippen LogP contribution in [0.25, 0.3) is 0 Å². The Labute approximate surface area is 113 Å². The summed E-state index contributed by atoms with van der Waals surface area (Å²) in [6.07, 6.45) is 0. The van der Waals surface area contributed by atoms with Crippen molar-refractivity contribution in [3.63, 3.8) is 0 Å². The highest BCUT2D eigenvalue weighted by atomic mass is 35.5. The lowest BCUT2D eigenvalue weighted by molar-refractivity contribution is 1.10. The number of nitrogens with two attached hydrogens (primary N) is 1. The van der Waals surface area contributed by atoms with E-state index in [-0.39, 0.29) is 5.82 Å². The fraction of sp³-hybridized carbons (Fsp3) is 0.200. The van der Waals surface area contributed by atoms with E-state index >= 15 is 0 Å². The van der Waals surface area contributed by atoms with Gasteiger partial charge in [0, 0.05) is 4.88 Å². The lowest BCUT2D eigenvalue weighted by atomic mass is 10.4. The van der Waals surface area contributed by atoms with Crippen LogP contribution in [-0.4, -0.2) is 9.97 Å². The largest absolute Gasteiger partial charge is 0.382 e. The molecule has 0 atom stereocenters. The van der Waals surface area contributed by atoms with Crippen molar-refractivity contribution < 1.29 is 0 Å². The molecule has 0 aliphatic rings. The van der Waals surface area contributed by atoms with Crippen LogP contribution in [0.5, 0.6) is 0 Å². The first kappa shape index (κ1) is 12.4. The number of hydrogen-bond donors (Lipinski definition) is 2. The van der Waals surface area contributed by atoms with Crippen molar-refractivity contribution in [1.29, 1.82) is 0 Å². The number of pyridine rings is 1. The maximum atomic E-state index is 6.00. The zero-order chi connectivity index (χ0) is 12.4. The number of thiazole rings is 1. The molecule has 0 saturated heterocycles. The summed E-state index contributed by atoms with van der Waals surface area (Å²) < 4.78 is 0. The van der Waals surface area contributed by atoms with Crippen molar-refractivity contribution in [1.82, 2.24) is 9.97 Å². The van der Waals surface area contributed by atoms with E-state index in [4.69, 9.17) is 28.9 Å². The number of aryl methyl sites for hydroxylation is 1. The van der Waals surface area contributed by atoms with Crippen LogP contribution in [0.1, 0.15) is 10.6 Å². The van der Waals surface area contributed by atoms with Gasteiger partial charge in [-0.3, -0.25) is 0 Å². The van der Waals surface area contributed by atoms with E-state index in [1.165, 1.54) is 0 Å². The highest BCUT2D eigenvalue weighted by molar-refractivity contribution is 7.09. The minimum atomic E-state index is 0.264. The molecule has 0 saturated carbocycles. The Hall–Kier alpha value is -1.04. The van der Waals surface area contributed by atoms with Gasteiger partial charge in [-0.25, -0.2) is 9.97 Å². The highest BCUT2D eigenvalue weighted by Crippen LogP contribution is 2.28. The third-order valence-electron chi connectivity index (χ3n) is 2.22. The van der Waals surface area contributed by atoms with Gasteiger partial charge in [-0.1, -0.05) is 23.2 Å². The molecular weight excluding hydrogens is 279 g/mol. The fourth-order valence-corrected chi connectivity index (χ4v) is 2.41. The monoisotopic (exact) mass is 288 g/mol. The van der Waals surface area contributed by atoms with Crippen LogP contribution in [0.15, 0.2) is 11.6 Å². The third-order valence-corrected chi connectivity index (χ3v) is 3.74. The van der Waals surface area contributed by atoms with E-state index in [0.29, 0.717) is 22.4 Å². The number of nitrogens with one attached hydrogen (secondary N) is 1. The van der Waals surface area contributed by atoms with Crippen molar-refractivity contribution >= 4 is 46.2 Å². The lowest BCUT2D eigenvalue weighted by Crippen LogP contribution is -2.04. The molecule has 3 N–H and O–H groups in total. The van der Waals surface area contributed by atoms with Crippen molar-refractivity contribution in [2.45, 2.75) is 13.5 Å². The summed E-state index contributed by atoms with van der Waals surface area (Å²) in [5.41, 5.74) is 8.42. The topological polar surface area (TPSA) is 63.8 Å². The second-order valence-corrected chi connectivity index (χ2v) is 5.15. The molecule has 0 aliphatic heterocycles. The Morgan fingerprint density at radius 2 is 2.18 bits per heavy atom. The lowest BCUT2D eigenvalue weighted by Gasteiger charge is -2.08. The number of halogens is 2. The number of rotatable bonds is 3. The number of nitrogen functional groups attached to an aromatic ring is 1. The summed E-state index contributed by atoms with van der Waals surface area (Å²) in [5.74, 6) is 0.793. The molecule has 0 radical (unpaired) electrons. The van der Waals surface area contributed by atoms with Crippen LogP contribution < -0.4 is 11.1 Å². The van der Waals surface area contributed by atoms with E-state index in [0.717, 1.165) is 10.6 Å². The van der Waals surface area contributed by atoms with Gasteiger partial charge in [0.25, 0.3) is 0 Å². The number of aromatic nitrogens is 2. The Kier molecular flexibility index (Phi) is 3.71. The van der Waals surface area contributed by atoms with Gasteiger partial charge in [-0.05, 0) is 13.0 Å².